The van der Waals surface area contributed by atoms with Crippen LogP contribution in [0.1, 0.15) is 108 Å². The molecule has 2 amide bonds. The van der Waals surface area contributed by atoms with Crippen LogP contribution in [0.4, 0.5) is 4.79 Å². The number of carbonyl (C=O) groups excluding carboxylic acids is 4. The van der Waals surface area contributed by atoms with Gasteiger partial charge in [0.25, 0.3) is 0 Å². The Morgan fingerprint density at radius 2 is 1.50 bits per heavy atom. The molecule has 1 aromatic rings. The Labute approximate surface area is 280 Å². The molecule has 0 unspecified atom stereocenters. The summed E-state index contributed by atoms with van der Waals surface area (Å²) in [6.07, 6.45) is 8.43. The Morgan fingerprint density at radius 3 is 2.22 bits per heavy atom. The molecule has 3 rings (SSSR count). The van der Waals surface area contributed by atoms with Crippen molar-refractivity contribution in [3.63, 3.8) is 0 Å². The first kappa shape index (κ1) is 38.2. The molecule has 2 aliphatic rings. The molecule has 2 N–H and O–H groups in total. The number of thioether (sulfide) groups is 1. The van der Waals surface area contributed by atoms with Gasteiger partial charge >= 0.3 is 6.03 Å². The first-order valence-electron chi connectivity index (χ1n) is 17.0. The number of rotatable bonds is 24. The molecule has 258 valence electrons. The molecular formula is C36H56N2O7S. The first-order chi connectivity index (χ1) is 21.9. The zero-order valence-corrected chi connectivity index (χ0v) is 29.3. The van der Waals surface area contributed by atoms with Gasteiger partial charge < -0.3 is 24.8 Å². The highest BCUT2D eigenvalue weighted by Gasteiger charge is 2.51. The smallest absolute Gasteiger partial charge is 0.315 e. The minimum absolute atomic E-state index is 0.0631. The number of ether oxygens (including phenoxy) is 3. The van der Waals surface area contributed by atoms with Crippen molar-refractivity contribution in [2.45, 2.75) is 115 Å². The van der Waals surface area contributed by atoms with Crippen molar-refractivity contribution in [3.05, 3.63) is 35.4 Å². The topological polar surface area (TPSA) is 120 Å². The van der Waals surface area contributed by atoms with E-state index in [1.165, 1.54) is 0 Å². The number of amides is 2. The molecule has 2 saturated heterocycles. The van der Waals surface area contributed by atoms with Crippen molar-refractivity contribution in [3.8, 4) is 0 Å². The van der Waals surface area contributed by atoms with Crippen LogP contribution in [0.2, 0.25) is 0 Å². The monoisotopic (exact) mass is 660 g/mol. The largest absolute Gasteiger partial charge is 0.379 e. The van der Waals surface area contributed by atoms with Crippen LogP contribution >= 0.6 is 11.8 Å². The molecule has 1 aromatic carbocycles. The summed E-state index contributed by atoms with van der Waals surface area (Å²) in [6.45, 7) is 11.0. The number of ketones is 3. The van der Waals surface area contributed by atoms with Gasteiger partial charge in [0.1, 0.15) is 12.4 Å². The number of nitrogens with one attached hydrogen (secondary N) is 2. The van der Waals surface area contributed by atoms with Crippen LogP contribution in [-0.2, 0) is 30.2 Å². The quantitative estimate of drug-likeness (QED) is 0.0776. The molecule has 9 nitrogen and oxygen atoms in total. The summed E-state index contributed by atoms with van der Waals surface area (Å²) in [5.41, 5.74) is 1.73. The first-order valence-corrected chi connectivity index (χ1v) is 18.1. The fourth-order valence-electron chi connectivity index (χ4n) is 5.88. The highest BCUT2D eigenvalue weighted by atomic mass is 32.2. The van der Waals surface area contributed by atoms with Crippen LogP contribution in [0.15, 0.2) is 24.3 Å². The molecule has 10 heteroatoms. The van der Waals surface area contributed by atoms with Crippen LogP contribution in [0.5, 0.6) is 0 Å². The molecule has 0 bridgehead atoms. The normalized spacial score (nSPS) is 20.7. The second-order valence-electron chi connectivity index (χ2n) is 14.1. The molecule has 0 saturated carbocycles. The molecule has 2 fully saturated rings. The Morgan fingerprint density at radius 1 is 0.848 bits per heavy atom. The number of fused-ring (bicyclic) bond motifs is 1. The number of benzene rings is 1. The molecule has 3 atom stereocenters. The third-order valence-corrected chi connectivity index (χ3v) is 10.2. The van der Waals surface area contributed by atoms with E-state index >= 15 is 0 Å². The number of carbonyl (C=O) groups is 4. The molecule has 0 aliphatic carbocycles. The lowest BCUT2D eigenvalue weighted by molar-refractivity contribution is -0.124. The minimum Gasteiger partial charge on any atom is -0.379 e. The van der Waals surface area contributed by atoms with Crippen molar-refractivity contribution < 1.29 is 33.4 Å². The molecule has 2 aliphatic heterocycles. The Bertz CT molecular complexity index is 1120. The maximum absolute atomic E-state index is 12.6. The second kappa shape index (κ2) is 19.5. The Kier molecular flexibility index (Phi) is 16.2. The van der Waals surface area contributed by atoms with Gasteiger partial charge in [-0.05, 0) is 50.0 Å². The van der Waals surface area contributed by atoms with Gasteiger partial charge in [0, 0.05) is 48.9 Å². The lowest BCUT2D eigenvalue weighted by atomic mass is 9.89. The summed E-state index contributed by atoms with van der Waals surface area (Å²) in [6, 6.07) is 7.45. The van der Waals surface area contributed by atoms with Crippen molar-refractivity contribution in [2.75, 3.05) is 45.4 Å². The van der Waals surface area contributed by atoms with Gasteiger partial charge in [-0.25, -0.2) is 4.79 Å². The summed E-state index contributed by atoms with van der Waals surface area (Å²) in [4.78, 5) is 48.7. The van der Waals surface area contributed by atoms with Gasteiger partial charge in [-0.15, -0.1) is 0 Å². The summed E-state index contributed by atoms with van der Waals surface area (Å²) in [7, 11) is 0. The van der Waals surface area contributed by atoms with E-state index in [0.717, 1.165) is 49.8 Å². The van der Waals surface area contributed by atoms with Crippen molar-refractivity contribution >= 4 is 35.1 Å². The fourth-order valence-corrected chi connectivity index (χ4v) is 7.58. The van der Waals surface area contributed by atoms with Crippen molar-refractivity contribution in [1.82, 2.24) is 10.6 Å². The van der Waals surface area contributed by atoms with E-state index < -0.39 is 0 Å². The third-order valence-electron chi connectivity index (χ3n) is 8.54. The van der Waals surface area contributed by atoms with Crippen LogP contribution in [0, 0.1) is 5.41 Å². The zero-order chi connectivity index (χ0) is 33.4. The fraction of sp³-hybridized carbons (Fsp3) is 0.722. The van der Waals surface area contributed by atoms with Crippen LogP contribution in [0.3, 0.4) is 0 Å². The average molecular weight is 661 g/mol. The zero-order valence-electron chi connectivity index (χ0n) is 28.5. The summed E-state index contributed by atoms with van der Waals surface area (Å²) < 4.78 is 16.5. The predicted octanol–water partition coefficient (Wildman–Crippen LogP) is 6.10. The lowest BCUT2D eigenvalue weighted by Gasteiger charge is -2.23. The van der Waals surface area contributed by atoms with Crippen molar-refractivity contribution in [2.24, 2.45) is 5.41 Å². The standard InChI is InChI=1S/C36H56N2O7S/c1-35(2,3)18-8-7-11-30(40)25-45-23-22-44-21-20-43-19-9-12-31(41)28-16-14-27(15-17-28)24-29(39)10-5-6-13-32-33-36(4,26-46-32)38-34(42)37-33/h14-17,32-33H,5-13,18-26H2,1-4H3,(H2,37,38,42)/t32-,33+,36-/m1/s1. The van der Waals surface area contributed by atoms with E-state index in [1.54, 1.807) is 12.1 Å². The predicted molar refractivity (Wildman–Crippen MR) is 183 cm³/mol. The maximum Gasteiger partial charge on any atom is 0.315 e. The number of hydrogen-bond acceptors (Lipinski definition) is 8. The lowest BCUT2D eigenvalue weighted by Crippen LogP contribution is -2.47. The van der Waals surface area contributed by atoms with Gasteiger partial charge in [0.2, 0.25) is 0 Å². The Balaban J connectivity index is 1.14. The van der Waals surface area contributed by atoms with E-state index in [2.05, 4.69) is 38.3 Å². The van der Waals surface area contributed by atoms with E-state index in [4.69, 9.17) is 14.2 Å². The van der Waals surface area contributed by atoms with E-state index in [-0.39, 0.29) is 41.6 Å². The summed E-state index contributed by atoms with van der Waals surface area (Å²) >= 11 is 1.90. The second-order valence-corrected chi connectivity index (χ2v) is 15.3. The molecule has 2 heterocycles. The van der Waals surface area contributed by atoms with Crippen LogP contribution in [0.25, 0.3) is 0 Å². The van der Waals surface area contributed by atoms with Crippen LogP contribution in [-0.4, -0.2) is 85.6 Å². The minimum atomic E-state index is -0.161. The maximum atomic E-state index is 12.6. The summed E-state index contributed by atoms with van der Waals surface area (Å²) in [5.74, 6) is 1.33. The highest BCUT2D eigenvalue weighted by Crippen LogP contribution is 2.39. The van der Waals surface area contributed by atoms with Gasteiger partial charge in [-0.1, -0.05) is 57.9 Å². The van der Waals surface area contributed by atoms with Gasteiger partial charge in [0.05, 0.1) is 38.0 Å². The van der Waals surface area contributed by atoms with Crippen molar-refractivity contribution in [1.29, 1.82) is 0 Å². The number of unbranched alkanes of at least 4 members (excludes halogenated alkanes) is 2. The molecule has 0 radical (unpaired) electrons. The average Bonchev–Trinajstić information content (AvgIpc) is 3.46. The van der Waals surface area contributed by atoms with Crippen LogP contribution < -0.4 is 10.6 Å². The third kappa shape index (κ3) is 14.2. The SMILES string of the molecule is CC(C)(C)CCCCC(=O)COCCOCCOCCCC(=O)c1ccc(CC(=O)CCCC[C@H]2SC[C@@]3(C)NC(=O)N[C@@H]23)cc1. The molecular weight excluding hydrogens is 604 g/mol. The van der Waals surface area contributed by atoms with Gasteiger partial charge in [-0.2, -0.15) is 11.8 Å². The molecule has 0 aromatic heterocycles. The number of hydrogen-bond donors (Lipinski definition) is 2. The number of urea groups is 1. The molecule has 46 heavy (non-hydrogen) atoms. The van der Waals surface area contributed by atoms with Gasteiger partial charge in [-0.3, -0.25) is 14.4 Å². The van der Waals surface area contributed by atoms with E-state index in [9.17, 15) is 19.2 Å². The highest BCUT2D eigenvalue weighted by molar-refractivity contribution is 8.00. The van der Waals surface area contributed by atoms with Gasteiger partial charge in [0.15, 0.2) is 11.6 Å². The Hall–Kier alpha value is -2.27. The van der Waals surface area contributed by atoms with E-state index in [1.807, 2.05) is 23.9 Å². The number of Topliss-reactive ketones (excluding diaryl/α,β-unsaturated/α-hetero) is 3. The van der Waals surface area contributed by atoms with E-state index in [0.29, 0.717) is 81.4 Å². The molecule has 0 spiro atoms. The summed E-state index contributed by atoms with van der Waals surface area (Å²) in [5, 5.41) is 6.48.